The summed E-state index contributed by atoms with van der Waals surface area (Å²) in [6.07, 6.45) is -8.60. The molecule has 0 N–H and O–H groups in total. The molecular formula is C17H13F6N3O2S. The molecule has 0 aliphatic heterocycles. The first-order valence-electron chi connectivity index (χ1n) is 8.09. The van der Waals surface area contributed by atoms with E-state index in [1.165, 1.54) is 18.5 Å². The molecule has 0 spiro atoms. The Morgan fingerprint density at radius 3 is 2.24 bits per heavy atom. The first kappa shape index (κ1) is 21.1. The number of rotatable bonds is 3. The molecule has 2 heterocycles. The Bertz CT molecular complexity index is 1200. The Morgan fingerprint density at radius 1 is 1.03 bits per heavy atom. The number of aromatic nitrogens is 3. The van der Waals surface area contributed by atoms with Gasteiger partial charge in [-0.1, -0.05) is 6.92 Å². The first-order valence-corrected chi connectivity index (χ1v) is 9.75. The van der Waals surface area contributed by atoms with Gasteiger partial charge in [0, 0.05) is 12.6 Å². The maximum absolute atomic E-state index is 13.1. The highest BCUT2D eigenvalue weighted by Gasteiger charge is 2.35. The van der Waals surface area contributed by atoms with Gasteiger partial charge < -0.3 is 4.57 Å². The van der Waals surface area contributed by atoms with Crippen LogP contribution in [-0.4, -0.2) is 28.7 Å². The molecule has 12 heteroatoms. The van der Waals surface area contributed by atoms with Crippen molar-refractivity contribution in [2.75, 3.05) is 5.75 Å². The number of aryl methyl sites for hydroxylation is 1. The van der Waals surface area contributed by atoms with Crippen molar-refractivity contribution in [2.24, 2.45) is 7.05 Å². The molecular weight excluding hydrogens is 424 g/mol. The van der Waals surface area contributed by atoms with E-state index in [1.54, 1.807) is 0 Å². The van der Waals surface area contributed by atoms with Gasteiger partial charge in [-0.3, -0.25) is 0 Å². The second-order valence-corrected chi connectivity index (χ2v) is 8.41. The molecule has 0 fully saturated rings. The van der Waals surface area contributed by atoms with Gasteiger partial charge in [-0.2, -0.15) is 26.3 Å². The molecule has 5 nitrogen and oxygen atoms in total. The van der Waals surface area contributed by atoms with Crippen molar-refractivity contribution in [1.82, 2.24) is 14.5 Å². The lowest BCUT2D eigenvalue weighted by Gasteiger charge is -2.13. The minimum Gasteiger partial charge on any atom is -0.327 e. The van der Waals surface area contributed by atoms with Gasteiger partial charge in [0.1, 0.15) is 17.0 Å². The zero-order valence-electron chi connectivity index (χ0n) is 14.9. The number of sulfone groups is 1. The highest BCUT2D eigenvalue weighted by atomic mass is 32.2. The van der Waals surface area contributed by atoms with Crippen molar-refractivity contribution >= 4 is 20.9 Å². The number of alkyl halides is 6. The van der Waals surface area contributed by atoms with E-state index in [0.717, 1.165) is 18.3 Å². The fourth-order valence-electron chi connectivity index (χ4n) is 2.79. The molecule has 156 valence electrons. The third-order valence-corrected chi connectivity index (χ3v) is 6.09. The Hall–Kier alpha value is -2.63. The van der Waals surface area contributed by atoms with Gasteiger partial charge in [0.05, 0.1) is 27.9 Å². The third kappa shape index (κ3) is 3.80. The van der Waals surface area contributed by atoms with Crippen molar-refractivity contribution in [1.29, 1.82) is 0 Å². The molecule has 3 aromatic rings. The molecule has 0 amide bonds. The molecule has 3 rings (SSSR count). The summed E-state index contributed by atoms with van der Waals surface area (Å²) < 4.78 is 104. The molecule has 0 saturated heterocycles. The Morgan fingerprint density at radius 2 is 1.69 bits per heavy atom. The van der Waals surface area contributed by atoms with Crippen molar-refractivity contribution in [3.05, 3.63) is 41.7 Å². The number of halogens is 6. The van der Waals surface area contributed by atoms with Crippen LogP contribution in [0.15, 0.2) is 35.4 Å². The number of hydrogen-bond acceptors (Lipinski definition) is 4. The largest absolute Gasteiger partial charge is 0.433 e. The quantitative estimate of drug-likeness (QED) is 0.568. The average molecular weight is 437 g/mol. The van der Waals surface area contributed by atoms with Gasteiger partial charge in [-0.15, -0.1) is 0 Å². The fraction of sp³-hybridized carbons (Fsp3) is 0.294. The van der Waals surface area contributed by atoms with E-state index in [9.17, 15) is 34.8 Å². The maximum atomic E-state index is 13.1. The summed E-state index contributed by atoms with van der Waals surface area (Å²) in [4.78, 5) is 6.79. The first-order chi connectivity index (χ1) is 13.3. The van der Waals surface area contributed by atoms with E-state index in [0.29, 0.717) is 12.1 Å². The summed E-state index contributed by atoms with van der Waals surface area (Å²) in [5.41, 5.74) is -2.44. The van der Waals surface area contributed by atoms with E-state index in [4.69, 9.17) is 0 Å². The van der Waals surface area contributed by atoms with Crippen LogP contribution < -0.4 is 0 Å². The number of benzene rings is 1. The Labute approximate surface area is 160 Å². The van der Waals surface area contributed by atoms with E-state index < -0.39 is 44.1 Å². The lowest BCUT2D eigenvalue weighted by atomic mass is 10.1. The molecule has 2 aromatic heterocycles. The number of imidazole rings is 1. The smallest absolute Gasteiger partial charge is 0.327 e. The molecule has 0 radical (unpaired) electrons. The molecule has 0 aliphatic carbocycles. The predicted octanol–water partition coefficient (Wildman–Crippen LogP) is 4.47. The molecule has 0 bridgehead atoms. The second-order valence-electron chi connectivity index (χ2n) is 6.16. The topological polar surface area (TPSA) is 64.8 Å². The summed E-state index contributed by atoms with van der Waals surface area (Å²) in [6.45, 7) is 1.27. The fourth-order valence-corrected chi connectivity index (χ4v) is 3.90. The van der Waals surface area contributed by atoms with Crippen LogP contribution in [0.2, 0.25) is 0 Å². The molecule has 0 aliphatic rings. The van der Waals surface area contributed by atoms with Crippen LogP contribution >= 0.6 is 0 Å². The summed E-state index contributed by atoms with van der Waals surface area (Å²) in [6, 6.07) is 2.89. The lowest BCUT2D eigenvalue weighted by Crippen LogP contribution is -2.11. The van der Waals surface area contributed by atoms with Crippen molar-refractivity contribution in [2.45, 2.75) is 24.2 Å². The third-order valence-electron chi connectivity index (χ3n) is 4.32. The minimum atomic E-state index is -4.77. The summed E-state index contributed by atoms with van der Waals surface area (Å²) in [7, 11) is -2.76. The number of hydrogen-bond donors (Lipinski definition) is 0. The molecule has 0 atom stereocenters. The molecule has 0 unspecified atom stereocenters. The van der Waals surface area contributed by atoms with E-state index in [-0.39, 0.29) is 22.4 Å². The van der Waals surface area contributed by atoms with Crippen LogP contribution in [0.4, 0.5) is 26.3 Å². The predicted molar refractivity (Wildman–Crippen MR) is 91.7 cm³/mol. The second kappa shape index (κ2) is 6.71. The summed E-state index contributed by atoms with van der Waals surface area (Å²) in [5.74, 6) is -0.563. The number of nitrogens with zero attached hydrogens (tertiary/aromatic N) is 3. The Balaban J connectivity index is 2.30. The van der Waals surface area contributed by atoms with Crippen LogP contribution in [0.3, 0.4) is 0 Å². The number of pyridine rings is 1. The van der Waals surface area contributed by atoms with Crippen LogP contribution in [0.25, 0.3) is 22.4 Å². The van der Waals surface area contributed by atoms with Crippen LogP contribution in [0, 0.1) is 0 Å². The van der Waals surface area contributed by atoms with Gasteiger partial charge in [0.2, 0.25) is 0 Å². The number of fused-ring (bicyclic) bond motifs is 1. The van der Waals surface area contributed by atoms with Crippen molar-refractivity contribution < 1.29 is 34.8 Å². The van der Waals surface area contributed by atoms with Gasteiger partial charge in [-0.25, -0.2) is 18.4 Å². The van der Waals surface area contributed by atoms with Gasteiger partial charge in [0.15, 0.2) is 9.84 Å². The van der Waals surface area contributed by atoms with Crippen LogP contribution in [-0.2, 0) is 29.2 Å². The maximum Gasteiger partial charge on any atom is 0.433 e. The molecule has 0 saturated carbocycles. The molecule has 1 aromatic carbocycles. The SMILES string of the molecule is CCS(=O)(=O)c1cc(C(F)(F)F)ccc1-c1nc2cnc(C(F)(F)F)cc2n1C. The van der Waals surface area contributed by atoms with E-state index in [1.807, 2.05) is 0 Å². The average Bonchev–Trinajstić information content (AvgIpc) is 2.96. The minimum absolute atomic E-state index is 0.00192. The van der Waals surface area contributed by atoms with Gasteiger partial charge in [0.25, 0.3) is 0 Å². The van der Waals surface area contributed by atoms with Crippen molar-refractivity contribution in [3.63, 3.8) is 0 Å². The normalized spacial score (nSPS) is 13.2. The monoisotopic (exact) mass is 437 g/mol. The highest BCUT2D eigenvalue weighted by molar-refractivity contribution is 7.91. The van der Waals surface area contributed by atoms with Crippen LogP contribution in [0.1, 0.15) is 18.2 Å². The summed E-state index contributed by atoms with van der Waals surface area (Å²) in [5, 5.41) is 0. The zero-order valence-corrected chi connectivity index (χ0v) is 15.7. The standard InChI is InChI=1S/C17H13F6N3O2S/c1-3-29(27,28)13-6-9(16(18,19)20)4-5-10(13)15-25-11-8-24-14(17(21,22)23)7-12(11)26(15)2/h4-8H,3H2,1-2H3. The van der Waals surface area contributed by atoms with E-state index >= 15 is 0 Å². The highest BCUT2D eigenvalue weighted by Crippen LogP contribution is 2.37. The van der Waals surface area contributed by atoms with Gasteiger partial charge >= 0.3 is 12.4 Å². The molecule has 29 heavy (non-hydrogen) atoms. The zero-order chi connectivity index (χ0) is 21.8. The van der Waals surface area contributed by atoms with Gasteiger partial charge in [-0.05, 0) is 24.3 Å². The lowest BCUT2D eigenvalue weighted by molar-refractivity contribution is -0.141. The van der Waals surface area contributed by atoms with Crippen LogP contribution in [0.5, 0.6) is 0 Å². The Kier molecular flexibility index (Phi) is 4.88. The van der Waals surface area contributed by atoms with Crippen molar-refractivity contribution in [3.8, 4) is 11.4 Å². The van der Waals surface area contributed by atoms with E-state index in [2.05, 4.69) is 9.97 Å². The summed E-state index contributed by atoms with van der Waals surface area (Å²) >= 11 is 0.